The highest BCUT2D eigenvalue weighted by molar-refractivity contribution is 7.20. The molecule has 7 rings (SSSR count). The van der Waals surface area contributed by atoms with E-state index in [0.717, 1.165) is 47.8 Å². The van der Waals surface area contributed by atoms with Gasteiger partial charge < -0.3 is 0 Å². The summed E-state index contributed by atoms with van der Waals surface area (Å²) in [5, 5.41) is 2.60. The van der Waals surface area contributed by atoms with Crippen molar-refractivity contribution in [3.63, 3.8) is 0 Å². The number of benzene rings is 3. The molecule has 190 valence electrons. The van der Waals surface area contributed by atoms with Gasteiger partial charge in [-0.3, -0.25) is 0 Å². The summed E-state index contributed by atoms with van der Waals surface area (Å²) < 4.78 is 22.1. The minimum atomic E-state index is 0.879. The third-order valence-corrected chi connectivity index (χ3v) is 10.8. The highest BCUT2D eigenvalue weighted by atomic mass is 32.1. The quantitative estimate of drug-likeness (QED) is 0.182. The van der Waals surface area contributed by atoms with E-state index in [-0.39, 0.29) is 0 Å². The number of hydrogen-bond acceptors (Lipinski definition) is 8. The summed E-state index contributed by atoms with van der Waals surface area (Å²) in [7, 11) is 0. The van der Waals surface area contributed by atoms with E-state index in [1.54, 1.807) is 0 Å². The first-order chi connectivity index (χ1) is 18.8. The molecule has 0 saturated heterocycles. The molecule has 0 bridgehead atoms. The van der Waals surface area contributed by atoms with Crippen molar-refractivity contribution in [2.45, 2.75) is 52.4 Å². The molecule has 0 atom stereocenters. The van der Waals surface area contributed by atoms with Gasteiger partial charge in [0.25, 0.3) is 0 Å². The van der Waals surface area contributed by atoms with Gasteiger partial charge in [-0.05, 0) is 37.8 Å². The van der Waals surface area contributed by atoms with Crippen LogP contribution in [-0.4, -0.2) is 17.5 Å². The fraction of sp³-hybridized carbons (Fsp3) is 0.267. The number of unbranched alkanes of at least 4 members (excludes halogenated alkanes) is 2. The second-order valence-corrected chi connectivity index (χ2v) is 13.0. The van der Waals surface area contributed by atoms with Gasteiger partial charge in [0.05, 0.1) is 23.5 Å². The van der Waals surface area contributed by atoms with Crippen molar-refractivity contribution in [1.29, 1.82) is 0 Å². The molecule has 0 aliphatic heterocycles. The molecule has 0 N–H and O–H groups in total. The molecule has 38 heavy (non-hydrogen) atoms. The first kappa shape index (κ1) is 24.3. The summed E-state index contributed by atoms with van der Waals surface area (Å²) in [6, 6.07) is 17.7. The van der Waals surface area contributed by atoms with Gasteiger partial charge in [-0.25, -0.2) is 0 Å². The van der Waals surface area contributed by atoms with Crippen molar-refractivity contribution in [3.8, 4) is 22.3 Å². The molecule has 0 aliphatic rings. The maximum absolute atomic E-state index is 4.95. The van der Waals surface area contributed by atoms with Crippen LogP contribution in [0.25, 0.3) is 64.5 Å². The van der Waals surface area contributed by atoms with Crippen LogP contribution in [0.3, 0.4) is 0 Å². The second kappa shape index (κ2) is 10.1. The van der Waals surface area contributed by atoms with Crippen LogP contribution in [0.15, 0.2) is 48.5 Å². The van der Waals surface area contributed by atoms with Gasteiger partial charge in [0.1, 0.15) is 22.1 Å². The molecular formula is C30H26N4S4. The van der Waals surface area contributed by atoms with Crippen LogP contribution in [0.2, 0.25) is 0 Å². The molecule has 0 aliphatic carbocycles. The molecule has 3 aromatic carbocycles. The van der Waals surface area contributed by atoms with E-state index in [1.165, 1.54) is 88.5 Å². The number of nitrogens with zero attached hydrogens (tertiary/aromatic N) is 4. The Kier molecular flexibility index (Phi) is 6.44. The topological polar surface area (TPSA) is 51.6 Å². The lowest BCUT2D eigenvalue weighted by Crippen LogP contribution is -1.95. The van der Waals surface area contributed by atoms with E-state index in [4.69, 9.17) is 17.5 Å². The van der Waals surface area contributed by atoms with Crippen molar-refractivity contribution >= 4 is 88.4 Å². The Bertz CT molecular complexity index is 1780. The summed E-state index contributed by atoms with van der Waals surface area (Å²) in [6.45, 7) is 4.54. The predicted molar refractivity (Wildman–Crippen MR) is 167 cm³/mol. The summed E-state index contributed by atoms with van der Waals surface area (Å²) in [6.07, 6.45) is 6.78. The molecular weight excluding hydrogens is 545 g/mol. The van der Waals surface area contributed by atoms with E-state index in [0.29, 0.717) is 0 Å². The largest absolute Gasteiger partial charge is 0.172 e. The lowest BCUT2D eigenvalue weighted by molar-refractivity contribution is 0.805. The van der Waals surface area contributed by atoms with Gasteiger partial charge in [0.2, 0.25) is 0 Å². The molecule has 4 nitrogen and oxygen atoms in total. The Morgan fingerprint density at radius 1 is 0.526 bits per heavy atom. The molecule has 0 spiro atoms. The molecule has 4 heterocycles. The smallest absolute Gasteiger partial charge is 0.134 e. The van der Waals surface area contributed by atoms with Gasteiger partial charge in [-0.15, -0.1) is 22.7 Å². The van der Waals surface area contributed by atoms with Gasteiger partial charge in [0.15, 0.2) is 0 Å². The van der Waals surface area contributed by atoms with Crippen LogP contribution in [0.4, 0.5) is 0 Å². The zero-order valence-electron chi connectivity index (χ0n) is 21.3. The lowest BCUT2D eigenvalue weighted by atomic mass is 9.88. The van der Waals surface area contributed by atoms with Crippen LogP contribution in [0.1, 0.15) is 49.3 Å². The maximum atomic E-state index is 4.95. The zero-order valence-corrected chi connectivity index (χ0v) is 24.5. The van der Waals surface area contributed by atoms with Gasteiger partial charge in [-0.1, -0.05) is 63.1 Å². The Labute approximate surface area is 237 Å². The fourth-order valence-corrected chi connectivity index (χ4v) is 9.12. The summed E-state index contributed by atoms with van der Waals surface area (Å²) in [5.41, 5.74) is 8.70. The predicted octanol–water partition coefficient (Wildman–Crippen LogP) is 10.1. The molecule has 0 saturated carbocycles. The third-order valence-electron chi connectivity index (χ3n) is 7.28. The average Bonchev–Trinajstić information content (AvgIpc) is 3.73. The maximum Gasteiger partial charge on any atom is 0.134 e. The van der Waals surface area contributed by atoms with Crippen molar-refractivity contribution in [2.75, 3.05) is 0 Å². The summed E-state index contributed by atoms with van der Waals surface area (Å²) in [5.74, 6) is 0. The summed E-state index contributed by atoms with van der Waals surface area (Å²) in [4.78, 5) is 2.86. The van der Waals surface area contributed by atoms with Crippen molar-refractivity contribution < 1.29 is 0 Å². The molecule has 0 radical (unpaired) electrons. The minimum absolute atomic E-state index is 0.879. The normalized spacial score (nSPS) is 12.1. The van der Waals surface area contributed by atoms with Crippen LogP contribution in [-0.2, 0) is 12.8 Å². The van der Waals surface area contributed by atoms with Crippen LogP contribution in [0, 0.1) is 0 Å². The lowest BCUT2D eigenvalue weighted by Gasteiger charge is -2.15. The molecule has 4 aromatic heterocycles. The Hall–Kier alpha value is -2.78. The molecule has 0 unspecified atom stereocenters. The Morgan fingerprint density at radius 3 is 1.39 bits per heavy atom. The molecule has 0 fully saturated rings. The number of aromatic nitrogens is 4. The number of fused-ring (bicyclic) bond motifs is 5. The molecule has 8 heteroatoms. The summed E-state index contributed by atoms with van der Waals surface area (Å²) >= 11 is 6.42. The highest BCUT2D eigenvalue weighted by Crippen LogP contribution is 2.52. The number of aryl methyl sites for hydroxylation is 2. The minimum Gasteiger partial charge on any atom is -0.172 e. The first-order valence-corrected chi connectivity index (χ1v) is 16.3. The van der Waals surface area contributed by atoms with Crippen LogP contribution in [0.5, 0.6) is 0 Å². The monoisotopic (exact) mass is 570 g/mol. The van der Waals surface area contributed by atoms with E-state index >= 15 is 0 Å². The van der Waals surface area contributed by atoms with E-state index in [9.17, 15) is 0 Å². The fourth-order valence-electron chi connectivity index (χ4n) is 5.51. The highest BCUT2D eigenvalue weighted by Gasteiger charge is 2.29. The van der Waals surface area contributed by atoms with Gasteiger partial charge in [-0.2, -0.15) is 17.5 Å². The first-order valence-electron chi connectivity index (χ1n) is 13.2. The zero-order chi connectivity index (χ0) is 25.6. The van der Waals surface area contributed by atoms with E-state index in [2.05, 4.69) is 62.4 Å². The number of rotatable bonds is 8. The SMILES string of the molecule is CCCCc1sc2ccccc2c1-c1c(-c2c(CCCC)sc3ccccc23)c2nsnc2c2nsnc12. The number of thiophene rings is 2. The van der Waals surface area contributed by atoms with Crippen molar-refractivity contribution in [1.82, 2.24) is 17.5 Å². The second-order valence-electron chi connectivity index (χ2n) is 9.67. The standard InChI is InChI=1S/C30H26N4S4/c1-3-5-13-21-23(17-11-7-9-15-19(17)35-21)25-26(28-30(34-38-32-28)29-27(25)31-37-33-29)24-18-12-8-10-16-20(18)36-22(24)14-6-4-2/h7-12,15-16H,3-6,13-14H2,1-2H3. The van der Waals surface area contributed by atoms with Crippen LogP contribution < -0.4 is 0 Å². The van der Waals surface area contributed by atoms with Crippen molar-refractivity contribution in [3.05, 3.63) is 58.3 Å². The Balaban J connectivity index is 1.68. The van der Waals surface area contributed by atoms with Crippen molar-refractivity contribution in [2.24, 2.45) is 0 Å². The van der Waals surface area contributed by atoms with Gasteiger partial charge in [0, 0.05) is 52.2 Å². The van der Waals surface area contributed by atoms with E-state index < -0.39 is 0 Å². The Morgan fingerprint density at radius 2 is 0.947 bits per heavy atom. The molecule has 7 aromatic rings. The molecule has 0 amide bonds. The number of hydrogen-bond donors (Lipinski definition) is 0. The average molecular weight is 571 g/mol. The van der Waals surface area contributed by atoms with E-state index in [1.807, 2.05) is 22.7 Å². The van der Waals surface area contributed by atoms with Gasteiger partial charge >= 0.3 is 0 Å². The van der Waals surface area contributed by atoms with Crippen LogP contribution >= 0.6 is 46.1 Å². The third kappa shape index (κ3) is 3.80.